The minimum absolute atomic E-state index is 0.0296. The molecule has 2 heterocycles. The molecule has 0 amide bonds. The molecule has 0 spiro atoms. The first kappa shape index (κ1) is 21.1. The van der Waals surface area contributed by atoms with E-state index in [1.165, 1.54) is 18.0 Å². The molecule has 28 heavy (non-hydrogen) atoms. The van der Waals surface area contributed by atoms with Crippen LogP contribution in [0.3, 0.4) is 0 Å². The van der Waals surface area contributed by atoms with Gasteiger partial charge in [-0.15, -0.1) is 16.9 Å². The third kappa shape index (κ3) is 4.03. The third-order valence-electron chi connectivity index (χ3n) is 4.43. The summed E-state index contributed by atoms with van der Waals surface area (Å²) in [6, 6.07) is 0.553. The molecule has 1 aliphatic rings. The van der Waals surface area contributed by atoms with Crippen LogP contribution in [0.4, 0.5) is 13.2 Å². The number of aliphatic hydroxyl groups excluding tert-OH is 3. The number of thioether (sulfide) groups is 1. The van der Waals surface area contributed by atoms with Gasteiger partial charge in [0.25, 0.3) is 0 Å². The van der Waals surface area contributed by atoms with E-state index in [0.717, 1.165) is 23.2 Å². The Morgan fingerprint density at radius 3 is 2.46 bits per heavy atom. The van der Waals surface area contributed by atoms with Crippen molar-refractivity contribution in [1.82, 2.24) is 15.0 Å². The second kappa shape index (κ2) is 8.78. The third-order valence-corrected chi connectivity index (χ3v) is 5.79. The smallest absolute Gasteiger partial charge is 0.194 e. The molecule has 3 unspecified atom stereocenters. The maximum Gasteiger partial charge on any atom is 0.194 e. The summed E-state index contributed by atoms with van der Waals surface area (Å²) >= 11 is 1.34. The average molecular weight is 419 g/mol. The molecule has 0 aliphatic carbocycles. The van der Waals surface area contributed by atoms with Gasteiger partial charge in [-0.3, -0.25) is 0 Å². The predicted molar refractivity (Wildman–Crippen MR) is 94.9 cm³/mol. The maximum atomic E-state index is 13.5. The van der Waals surface area contributed by atoms with E-state index in [0.29, 0.717) is 5.75 Å². The summed E-state index contributed by atoms with van der Waals surface area (Å²) in [5, 5.41) is 38.3. The van der Waals surface area contributed by atoms with E-state index in [1.54, 1.807) is 0 Å². The minimum Gasteiger partial charge on any atom is -0.394 e. The van der Waals surface area contributed by atoms with Crippen LogP contribution in [0.1, 0.15) is 19.4 Å². The quantitative estimate of drug-likeness (QED) is 0.610. The highest BCUT2D eigenvalue weighted by molar-refractivity contribution is 7.99. The van der Waals surface area contributed by atoms with Gasteiger partial charge in [0, 0.05) is 5.56 Å². The normalized spacial score (nSPS) is 27.9. The van der Waals surface area contributed by atoms with Crippen molar-refractivity contribution in [2.24, 2.45) is 0 Å². The van der Waals surface area contributed by atoms with Crippen LogP contribution >= 0.6 is 11.8 Å². The van der Waals surface area contributed by atoms with Crippen molar-refractivity contribution in [2.45, 2.75) is 43.1 Å². The highest BCUT2D eigenvalue weighted by Crippen LogP contribution is 2.35. The van der Waals surface area contributed by atoms with Gasteiger partial charge in [-0.05, 0) is 24.3 Å². The van der Waals surface area contributed by atoms with Crippen LogP contribution in [0.15, 0.2) is 18.3 Å². The zero-order chi connectivity index (χ0) is 20.4. The largest absolute Gasteiger partial charge is 0.394 e. The Bertz CT molecular complexity index is 802. The van der Waals surface area contributed by atoms with E-state index < -0.39 is 53.8 Å². The molecule has 11 heteroatoms. The van der Waals surface area contributed by atoms with Gasteiger partial charge >= 0.3 is 0 Å². The summed E-state index contributed by atoms with van der Waals surface area (Å²) in [4.78, 5) is 0. The fourth-order valence-electron chi connectivity index (χ4n) is 3.01. The Labute approximate surface area is 163 Å². The van der Waals surface area contributed by atoms with Crippen molar-refractivity contribution in [3.8, 4) is 11.3 Å². The maximum absolute atomic E-state index is 13.5. The highest BCUT2D eigenvalue weighted by atomic mass is 32.2. The molecule has 3 rings (SSSR count). The molecule has 0 saturated carbocycles. The van der Waals surface area contributed by atoms with Crippen molar-refractivity contribution in [1.29, 1.82) is 0 Å². The molecule has 7 nitrogen and oxygen atoms in total. The lowest BCUT2D eigenvalue weighted by molar-refractivity contribution is -0.178. The Hall–Kier alpha value is -1.66. The fourth-order valence-corrected chi connectivity index (χ4v) is 4.06. The van der Waals surface area contributed by atoms with E-state index in [-0.39, 0.29) is 11.3 Å². The molecule has 1 fully saturated rings. The second-order valence-corrected chi connectivity index (χ2v) is 7.61. The van der Waals surface area contributed by atoms with Gasteiger partial charge in [0.1, 0.15) is 35.5 Å². The summed E-state index contributed by atoms with van der Waals surface area (Å²) < 4.78 is 46.8. The molecule has 3 N–H and O–H groups in total. The number of halogens is 3. The second-order valence-electron chi connectivity index (χ2n) is 6.41. The molecule has 0 radical (unpaired) electrons. The van der Waals surface area contributed by atoms with Crippen LogP contribution in [0, 0.1) is 17.5 Å². The van der Waals surface area contributed by atoms with Crippen LogP contribution in [0.5, 0.6) is 0 Å². The molecule has 5 atom stereocenters. The number of hydrogen-bond acceptors (Lipinski definition) is 7. The summed E-state index contributed by atoms with van der Waals surface area (Å²) in [6.07, 6.45) is -1.30. The van der Waals surface area contributed by atoms with E-state index >= 15 is 0 Å². The van der Waals surface area contributed by atoms with E-state index in [2.05, 4.69) is 10.3 Å². The summed E-state index contributed by atoms with van der Waals surface area (Å²) in [6.45, 7) is 1.49. The number of ether oxygens (including phenoxy) is 1. The number of aliphatic hydroxyl groups is 3. The minimum atomic E-state index is -1.59. The van der Waals surface area contributed by atoms with Crippen LogP contribution in [-0.4, -0.2) is 66.4 Å². The number of aromatic nitrogens is 3. The van der Waals surface area contributed by atoms with Crippen LogP contribution in [0.2, 0.25) is 0 Å². The van der Waals surface area contributed by atoms with Gasteiger partial charge in [-0.1, -0.05) is 12.1 Å². The summed E-state index contributed by atoms with van der Waals surface area (Å²) in [5.74, 6) is -3.63. The first-order valence-electron chi connectivity index (χ1n) is 8.68. The van der Waals surface area contributed by atoms with Gasteiger partial charge in [0.15, 0.2) is 17.5 Å². The van der Waals surface area contributed by atoms with Crippen LogP contribution in [0.25, 0.3) is 11.3 Å². The van der Waals surface area contributed by atoms with Crippen molar-refractivity contribution in [3.63, 3.8) is 0 Å². The van der Waals surface area contributed by atoms with E-state index in [4.69, 9.17) is 4.74 Å². The monoisotopic (exact) mass is 419 g/mol. The standard InChI is InChI=1S/C17H20F3N3O4S/c1-2-3-28-17-16(26)14(15(25)12(7-24)27-17)23-6-11(21-22-23)8-4-9(18)13(20)10(19)5-8/h4-6,12,14-17,24-26H,2-3,7H2,1H3/t12?,14?,15-,16?,17+/m0/s1. The van der Waals surface area contributed by atoms with Gasteiger partial charge in [0.05, 0.1) is 12.8 Å². The SMILES string of the molecule is CCCS[C@H]1OC(CO)[C@H](O)C(n2cc(-c3cc(F)c(F)c(F)c3)nn2)C1O. The molecule has 0 bridgehead atoms. The van der Waals surface area contributed by atoms with Gasteiger partial charge in [-0.2, -0.15) is 0 Å². The number of hydrogen-bond donors (Lipinski definition) is 3. The van der Waals surface area contributed by atoms with Crippen LogP contribution in [-0.2, 0) is 4.74 Å². The lowest BCUT2D eigenvalue weighted by atomic mass is 9.97. The zero-order valence-electron chi connectivity index (χ0n) is 14.9. The molecule has 1 aromatic heterocycles. The predicted octanol–water partition coefficient (Wildman–Crippen LogP) is 1.49. The molecule has 154 valence electrons. The first-order chi connectivity index (χ1) is 13.4. The van der Waals surface area contributed by atoms with Crippen molar-refractivity contribution in [3.05, 3.63) is 35.8 Å². The summed E-state index contributed by atoms with van der Waals surface area (Å²) in [5.41, 5.74) is -0.727. The number of nitrogens with zero attached hydrogens (tertiary/aromatic N) is 3. The lowest BCUT2D eigenvalue weighted by Gasteiger charge is -2.41. The Balaban J connectivity index is 1.91. The van der Waals surface area contributed by atoms with Gasteiger partial charge < -0.3 is 20.1 Å². The van der Waals surface area contributed by atoms with Crippen molar-refractivity contribution < 1.29 is 33.2 Å². The highest BCUT2D eigenvalue weighted by Gasteiger charge is 2.46. The Morgan fingerprint density at radius 1 is 1.18 bits per heavy atom. The molecular weight excluding hydrogens is 399 g/mol. The molecule has 2 aromatic rings. The van der Waals surface area contributed by atoms with Crippen molar-refractivity contribution in [2.75, 3.05) is 12.4 Å². The zero-order valence-corrected chi connectivity index (χ0v) is 15.7. The Morgan fingerprint density at radius 2 is 1.86 bits per heavy atom. The average Bonchev–Trinajstić information content (AvgIpc) is 3.15. The van der Waals surface area contributed by atoms with Gasteiger partial charge in [0.2, 0.25) is 0 Å². The molecular formula is C17H20F3N3O4S. The lowest BCUT2D eigenvalue weighted by Crippen LogP contribution is -2.55. The first-order valence-corrected chi connectivity index (χ1v) is 9.73. The molecule has 1 aromatic carbocycles. The topological polar surface area (TPSA) is 101 Å². The molecule has 1 saturated heterocycles. The molecule has 1 aliphatic heterocycles. The van der Waals surface area contributed by atoms with E-state index in [1.807, 2.05) is 6.92 Å². The summed E-state index contributed by atoms with van der Waals surface area (Å²) in [7, 11) is 0. The number of rotatable bonds is 6. The van der Waals surface area contributed by atoms with E-state index in [9.17, 15) is 28.5 Å². The van der Waals surface area contributed by atoms with Crippen LogP contribution < -0.4 is 0 Å². The number of benzene rings is 1. The Kier molecular flexibility index (Phi) is 6.61. The van der Waals surface area contributed by atoms with Gasteiger partial charge in [-0.25, -0.2) is 17.9 Å². The fraction of sp³-hybridized carbons (Fsp3) is 0.529. The van der Waals surface area contributed by atoms with Crippen molar-refractivity contribution >= 4 is 11.8 Å².